The van der Waals surface area contributed by atoms with Gasteiger partial charge in [-0.25, -0.2) is 4.79 Å². The van der Waals surface area contributed by atoms with Gasteiger partial charge in [-0.1, -0.05) is 36.8 Å². The molecule has 2 saturated carbocycles. The maximum Gasteiger partial charge on any atom is 0.325 e. The molecule has 2 aliphatic carbocycles. The number of carbonyl (C=O) groups excluding carboxylic acids is 1. The van der Waals surface area contributed by atoms with Gasteiger partial charge in [0.15, 0.2) is 0 Å². The van der Waals surface area contributed by atoms with E-state index in [0.29, 0.717) is 23.8 Å². The standard InChI is InChI=1S/C28H34N4O2/c1-30-28(23-9-4-3-5-10-23)15-13-27(14-16-28)20-31(26(33)32(27)19-21-7-6-8-21)24-12-11-22(18-29)17-25(24)34-2/h3-5,9-12,17,21,30H,6-8,13-16,19-20H2,1-2H3. The zero-order valence-electron chi connectivity index (χ0n) is 20.2. The number of nitrogens with zero attached hydrogens (tertiary/aromatic N) is 3. The molecule has 1 saturated heterocycles. The highest BCUT2D eigenvalue weighted by molar-refractivity contribution is 5.97. The average Bonchev–Trinajstić information content (AvgIpc) is 3.13. The maximum atomic E-state index is 13.9. The molecule has 3 fully saturated rings. The van der Waals surface area contributed by atoms with Gasteiger partial charge in [0, 0.05) is 18.2 Å². The molecule has 3 aliphatic rings. The number of nitrogens with one attached hydrogen (secondary N) is 1. The van der Waals surface area contributed by atoms with Crippen molar-refractivity contribution in [1.29, 1.82) is 5.26 Å². The number of hydrogen-bond donors (Lipinski definition) is 1. The largest absolute Gasteiger partial charge is 0.495 e. The number of ether oxygens (including phenoxy) is 1. The predicted molar refractivity (Wildman–Crippen MR) is 133 cm³/mol. The highest BCUT2D eigenvalue weighted by Crippen LogP contribution is 2.49. The van der Waals surface area contributed by atoms with Crippen LogP contribution < -0.4 is 15.0 Å². The molecule has 0 aromatic heterocycles. The number of benzene rings is 2. The van der Waals surface area contributed by atoms with E-state index < -0.39 is 0 Å². The van der Waals surface area contributed by atoms with Gasteiger partial charge in [-0.05, 0) is 69.2 Å². The van der Waals surface area contributed by atoms with Crippen LogP contribution in [0.25, 0.3) is 0 Å². The van der Waals surface area contributed by atoms with Crippen molar-refractivity contribution in [3.63, 3.8) is 0 Å². The highest BCUT2D eigenvalue weighted by atomic mass is 16.5. The zero-order valence-corrected chi connectivity index (χ0v) is 20.2. The van der Waals surface area contributed by atoms with Crippen LogP contribution in [0.5, 0.6) is 5.75 Å². The molecule has 6 heteroatoms. The number of hydrogen-bond acceptors (Lipinski definition) is 4. The third-order valence-electron chi connectivity index (χ3n) is 8.59. The van der Waals surface area contributed by atoms with E-state index in [1.165, 1.54) is 24.8 Å². The van der Waals surface area contributed by atoms with E-state index in [-0.39, 0.29) is 17.1 Å². The smallest absolute Gasteiger partial charge is 0.325 e. The van der Waals surface area contributed by atoms with Crippen LogP contribution in [-0.4, -0.2) is 43.7 Å². The van der Waals surface area contributed by atoms with E-state index in [9.17, 15) is 10.1 Å². The van der Waals surface area contributed by atoms with Gasteiger partial charge >= 0.3 is 6.03 Å². The molecule has 1 aliphatic heterocycles. The van der Waals surface area contributed by atoms with Crippen LogP contribution in [0, 0.1) is 17.2 Å². The lowest BCUT2D eigenvalue weighted by molar-refractivity contribution is 0.0593. The first kappa shape index (κ1) is 22.7. The predicted octanol–water partition coefficient (Wildman–Crippen LogP) is 5.04. The highest BCUT2D eigenvalue weighted by Gasteiger charge is 2.54. The van der Waals surface area contributed by atoms with Gasteiger partial charge in [0.1, 0.15) is 5.75 Å². The van der Waals surface area contributed by atoms with Crippen molar-refractivity contribution in [1.82, 2.24) is 10.2 Å². The Bertz CT molecular complexity index is 1080. The Balaban J connectivity index is 1.46. The molecule has 34 heavy (non-hydrogen) atoms. The number of methoxy groups -OCH3 is 1. The van der Waals surface area contributed by atoms with E-state index in [1.54, 1.807) is 19.2 Å². The maximum absolute atomic E-state index is 13.9. The molecule has 6 nitrogen and oxygen atoms in total. The van der Waals surface area contributed by atoms with Crippen LogP contribution in [0.1, 0.15) is 56.1 Å². The molecule has 5 rings (SSSR count). The monoisotopic (exact) mass is 458 g/mol. The molecule has 2 aromatic carbocycles. The van der Waals surface area contributed by atoms with Crippen molar-refractivity contribution in [2.24, 2.45) is 5.92 Å². The molecule has 0 atom stereocenters. The zero-order chi connectivity index (χ0) is 23.8. The van der Waals surface area contributed by atoms with E-state index in [1.807, 2.05) is 11.0 Å². The van der Waals surface area contributed by atoms with Crippen molar-refractivity contribution in [3.8, 4) is 11.8 Å². The Kier molecular flexibility index (Phi) is 5.99. The lowest BCUT2D eigenvalue weighted by Gasteiger charge is -2.49. The minimum absolute atomic E-state index is 0.0583. The molecule has 1 spiro atoms. The number of urea groups is 1. The van der Waals surface area contributed by atoms with Gasteiger partial charge in [-0.3, -0.25) is 4.90 Å². The Hall–Kier alpha value is -3.04. The van der Waals surface area contributed by atoms with Gasteiger partial charge in [-0.15, -0.1) is 0 Å². The first-order chi connectivity index (χ1) is 16.5. The second-order valence-electron chi connectivity index (χ2n) is 10.2. The summed E-state index contributed by atoms with van der Waals surface area (Å²) >= 11 is 0. The van der Waals surface area contributed by atoms with Crippen molar-refractivity contribution in [2.45, 2.75) is 56.0 Å². The first-order valence-corrected chi connectivity index (χ1v) is 12.5. The van der Waals surface area contributed by atoms with Crippen LogP contribution in [0.2, 0.25) is 0 Å². The average molecular weight is 459 g/mol. The minimum atomic E-state index is -0.180. The van der Waals surface area contributed by atoms with Crippen LogP contribution in [0.15, 0.2) is 48.5 Å². The topological polar surface area (TPSA) is 68.6 Å². The van der Waals surface area contributed by atoms with Crippen molar-refractivity contribution < 1.29 is 9.53 Å². The van der Waals surface area contributed by atoms with E-state index in [2.05, 4.69) is 53.7 Å². The minimum Gasteiger partial charge on any atom is -0.495 e. The summed E-state index contributed by atoms with van der Waals surface area (Å²) in [6.07, 6.45) is 7.58. The van der Waals surface area contributed by atoms with Crippen molar-refractivity contribution in [2.75, 3.05) is 32.1 Å². The van der Waals surface area contributed by atoms with E-state index in [4.69, 9.17) is 4.74 Å². The third-order valence-corrected chi connectivity index (χ3v) is 8.59. The molecule has 2 amide bonds. The number of carbonyl (C=O) groups is 1. The van der Waals surface area contributed by atoms with Crippen LogP contribution >= 0.6 is 0 Å². The van der Waals surface area contributed by atoms with Crippen LogP contribution in [0.3, 0.4) is 0 Å². The van der Waals surface area contributed by atoms with E-state index >= 15 is 0 Å². The fourth-order valence-corrected chi connectivity index (χ4v) is 6.17. The SMILES string of the molecule is CNC1(c2ccccc2)CCC2(CC1)CN(c1ccc(C#N)cc1OC)C(=O)N2CC1CCC1. The summed E-state index contributed by atoms with van der Waals surface area (Å²) < 4.78 is 5.61. The lowest BCUT2D eigenvalue weighted by atomic mass is 9.68. The first-order valence-electron chi connectivity index (χ1n) is 12.5. The Morgan fingerprint density at radius 3 is 2.44 bits per heavy atom. The molecular formula is C28H34N4O2. The van der Waals surface area contributed by atoms with Gasteiger partial charge in [0.2, 0.25) is 0 Å². The normalized spacial score (nSPS) is 27.0. The summed E-state index contributed by atoms with van der Waals surface area (Å²) in [6.45, 7) is 1.50. The summed E-state index contributed by atoms with van der Waals surface area (Å²) in [5.74, 6) is 1.19. The Morgan fingerprint density at radius 2 is 1.85 bits per heavy atom. The molecule has 0 unspecified atom stereocenters. The van der Waals surface area contributed by atoms with Crippen molar-refractivity contribution >= 4 is 11.7 Å². The molecule has 2 aromatic rings. The van der Waals surface area contributed by atoms with Crippen LogP contribution in [0.4, 0.5) is 10.5 Å². The summed E-state index contributed by atoms with van der Waals surface area (Å²) in [5, 5.41) is 12.9. The Morgan fingerprint density at radius 1 is 1.12 bits per heavy atom. The number of anilines is 1. The summed E-state index contributed by atoms with van der Waals surface area (Å²) in [5.41, 5.74) is 2.38. The number of amides is 2. The molecule has 1 N–H and O–H groups in total. The van der Waals surface area contributed by atoms with Gasteiger partial charge in [0.25, 0.3) is 0 Å². The van der Waals surface area contributed by atoms with E-state index in [0.717, 1.165) is 37.9 Å². The quantitative estimate of drug-likeness (QED) is 0.659. The lowest BCUT2D eigenvalue weighted by Crippen LogP contribution is -2.56. The second kappa shape index (κ2) is 8.96. The Labute approximate surface area is 202 Å². The summed E-state index contributed by atoms with van der Waals surface area (Å²) in [6, 6.07) is 18.3. The van der Waals surface area contributed by atoms with Gasteiger partial charge < -0.3 is 15.0 Å². The molecular weight excluding hydrogens is 424 g/mol. The van der Waals surface area contributed by atoms with Gasteiger partial charge in [0.05, 0.1) is 36.5 Å². The number of rotatable bonds is 6. The third kappa shape index (κ3) is 3.73. The summed E-state index contributed by atoms with van der Waals surface area (Å²) in [4.78, 5) is 18.0. The second-order valence-corrected chi connectivity index (χ2v) is 10.2. The van der Waals surface area contributed by atoms with Crippen LogP contribution in [-0.2, 0) is 5.54 Å². The molecule has 178 valence electrons. The number of nitriles is 1. The summed E-state index contributed by atoms with van der Waals surface area (Å²) in [7, 11) is 3.66. The molecule has 0 bridgehead atoms. The van der Waals surface area contributed by atoms with Crippen molar-refractivity contribution in [3.05, 3.63) is 59.7 Å². The van der Waals surface area contributed by atoms with Gasteiger partial charge in [-0.2, -0.15) is 5.26 Å². The molecule has 1 heterocycles. The molecule has 0 radical (unpaired) electrons. The fraction of sp³-hybridized carbons (Fsp3) is 0.500. The fourth-order valence-electron chi connectivity index (χ4n) is 6.17.